The zero-order valence-electron chi connectivity index (χ0n) is 5.88. The summed E-state index contributed by atoms with van der Waals surface area (Å²) in [5.41, 5.74) is 5.22. The van der Waals surface area contributed by atoms with Gasteiger partial charge in [-0.3, -0.25) is 0 Å². The number of hydrogen-bond acceptors (Lipinski definition) is 4. The second-order valence-electron chi connectivity index (χ2n) is 1.99. The molecule has 0 aliphatic heterocycles. The Labute approximate surface area is 62.7 Å². The Hall–Kier alpha value is -0.130. The molecule has 0 aliphatic rings. The molecule has 0 saturated carbocycles. The molecule has 0 aromatic heterocycles. The van der Waals surface area contributed by atoms with Gasteiger partial charge in [0, 0.05) is 0 Å². The van der Waals surface area contributed by atoms with E-state index in [0.29, 0.717) is 6.54 Å². The zero-order valence-corrected chi connectivity index (χ0v) is 6.77. The molecule has 10 heavy (non-hydrogen) atoms. The number of nitrogens with one attached hydrogen (secondary N) is 1. The van der Waals surface area contributed by atoms with Gasteiger partial charge in [-0.1, -0.05) is 0 Å². The molecule has 0 saturated heterocycles. The van der Waals surface area contributed by atoms with Crippen LogP contribution in [0, 0.1) is 0 Å². The minimum Gasteiger partial charge on any atom is -0.330 e. The van der Waals surface area contributed by atoms with Crippen molar-refractivity contribution in [1.82, 2.24) is 5.32 Å². The van der Waals surface area contributed by atoms with E-state index in [1.54, 1.807) is 0 Å². The van der Waals surface area contributed by atoms with Gasteiger partial charge in [-0.25, -0.2) is 8.42 Å². The van der Waals surface area contributed by atoms with Crippen LogP contribution in [-0.4, -0.2) is 27.4 Å². The minimum absolute atomic E-state index is 0.0832. The van der Waals surface area contributed by atoms with Crippen molar-refractivity contribution in [3.8, 4) is 0 Å². The standard InChI is InChI=1S/C5H14N2O2S/c6-3-1-2-4-7-5-10(8)9/h7,10H,1-6H2. The topological polar surface area (TPSA) is 72.2 Å². The van der Waals surface area contributed by atoms with Crippen molar-refractivity contribution in [3.05, 3.63) is 0 Å². The Bertz CT molecular complexity index is 128. The molecule has 5 heteroatoms. The van der Waals surface area contributed by atoms with E-state index in [0.717, 1.165) is 19.4 Å². The zero-order chi connectivity index (χ0) is 7.82. The van der Waals surface area contributed by atoms with Gasteiger partial charge in [-0.2, -0.15) is 0 Å². The molecule has 62 valence electrons. The van der Waals surface area contributed by atoms with Crippen LogP contribution >= 0.6 is 0 Å². The molecule has 0 atom stereocenters. The molecule has 0 aromatic carbocycles. The average molecular weight is 166 g/mol. The van der Waals surface area contributed by atoms with E-state index in [-0.39, 0.29) is 5.88 Å². The molecule has 4 nitrogen and oxygen atoms in total. The molecule has 0 spiro atoms. The van der Waals surface area contributed by atoms with Crippen molar-refractivity contribution in [3.63, 3.8) is 0 Å². The van der Waals surface area contributed by atoms with E-state index in [2.05, 4.69) is 5.32 Å². The summed E-state index contributed by atoms with van der Waals surface area (Å²) in [5, 5.41) is 2.77. The van der Waals surface area contributed by atoms with Crippen molar-refractivity contribution in [2.24, 2.45) is 5.73 Å². The summed E-state index contributed by atoms with van der Waals surface area (Å²) in [5.74, 6) is 0.0832. The fourth-order valence-electron chi connectivity index (χ4n) is 0.565. The molecule has 0 aliphatic carbocycles. The van der Waals surface area contributed by atoms with Gasteiger partial charge in [-0.05, 0) is 25.9 Å². The number of unbranched alkanes of at least 4 members (excludes halogenated alkanes) is 1. The van der Waals surface area contributed by atoms with Crippen molar-refractivity contribution in [1.29, 1.82) is 0 Å². The first-order chi connectivity index (χ1) is 4.77. The smallest absolute Gasteiger partial charge is 0.153 e. The summed E-state index contributed by atoms with van der Waals surface area (Å²) in [6, 6.07) is 0. The summed E-state index contributed by atoms with van der Waals surface area (Å²) in [6.45, 7) is 1.41. The van der Waals surface area contributed by atoms with Crippen LogP contribution in [0.4, 0.5) is 0 Å². The SMILES string of the molecule is NCCCCNC[SH](=O)=O. The molecule has 0 amide bonds. The van der Waals surface area contributed by atoms with Gasteiger partial charge in [-0.15, -0.1) is 0 Å². The molecular weight excluding hydrogens is 152 g/mol. The lowest BCUT2D eigenvalue weighted by Gasteiger charge is -1.97. The Balaban J connectivity index is 2.91. The summed E-state index contributed by atoms with van der Waals surface area (Å²) >= 11 is 0. The van der Waals surface area contributed by atoms with Crippen LogP contribution in [0.3, 0.4) is 0 Å². The van der Waals surface area contributed by atoms with E-state index < -0.39 is 10.7 Å². The van der Waals surface area contributed by atoms with E-state index >= 15 is 0 Å². The van der Waals surface area contributed by atoms with Gasteiger partial charge in [0.1, 0.15) is 0 Å². The first-order valence-corrected chi connectivity index (χ1v) is 4.66. The molecular formula is C5H14N2O2S. The molecule has 0 heterocycles. The second kappa shape index (κ2) is 6.98. The number of hydrogen-bond donors (Lipinski definition) is 3. The molecule has 0 fully saturated rings. The van der Waals surface area contributed by atoms with Crippen molar-refractivity contribution in [2.45, 2.75) is 12.8 Å². The first kappa shape index (κ1) is 9.87. The summed E-state index contributed by atoms with van der Waals surface area (Å²) in [6.07, 6.45) is 1.89. The predicted molar refractivity (Wildman–Crippen MR) is 41.5 cm³/mol. The van der Waals surface area contributed by atoms with E-state index in [1.165, 1.54) is 0 Å². The molecule has 0 aromatic rings. The number of thiol groups is 1. The number of nitrogens with two attached hydrogens (primary N) is 1. The highest BCUT2D eigenvalue weighted by Crippen LogP contribution is 1.80. The van der Waals surface area contributed by atoms with Gasteiger partial charge >= 0.3 is 0 Å². The largest absolute Gasteiger partial charge is 0.330 e. The summed E-state index contributed by atoms with van der Waals surface area (Å²) in [4.78, 5) is 0. The third kappa shape index (κ3) is 7.87. The molecule has 0 radical (unpaired) electrons. The van der Waals surface area contributed by atoms with Crippen LogP contribution in [0.2, 0.25) is 0 Å². The molecule has 3 N–H and O–H groups in total. The van der Waals surface area contributed by atoms with E-state index in [9.17, 15) is 8.42 Å². The van der Waals surface area contributed by atoms with Crippen molar-refractivity contribution < 1.29 is 8.42 Å². The Kier molecular flexibility index (Phi) is 6.89. The summed E-state index contributed by atoms with van der Waals surface area (Å²) < 4.78 is 20.0. The van der Waals surface area contributed by atoms with Gasteiger partial charge in [0.2, 0.25) is 0 Å². The lowest BCUT2D eigenvalue weighted by Crippen LogP contribution is -2.18. The second-order valence-corrected chi connectivity index (χ2v) is 2.97. The fraction of sp³-hybridized carbons (Fsp3) is 1.00. The van der Waals surface area contributed by atoms with Crippen LogP contribution in [0.5, 0.6) is 0 Å². The van der Waals surface area contributed by atoms with Crippen LogP contribution in [0.1, 0.15) is 12.8 Å². The van der Waals surface area contributed by atoms with E-state index in [1.807, 2.05) is 0 Å². The number of rotatable bonds is 6. The maximum absolute atomic E-state index is 9.98. The van der Waals surface area contributed by atoms with Gasteiger partial charge in [0.25, 0.3) is 0 Å². The predicted octanol–water partition coefficient (Wildman–Crippen LogP) is -1.12. The monoisotopic (exact) mass is 166 g/mol. The van der Waals surface area contributed by atoms with Crippen LogP contribution < -0.4 is 11.1 Å². The Morgan fingerprint density at radius 3 is 2.50 bits per heavy atom. The third-order valence-electron chi connectivity index (χ3n) is 1.05. The maximum Gasteiger partial charge on any atom is 0.153 e. The first-order valence-electron chi connectivity index (χ1n) is 3.30. The highest BCUT2D eigenvalue weighted by molar-refractivity contribution is 7.72. The quantitative estimate of drug-likeness (QED) is 0.345. The maximum atomic E-state index is 9.98. The normalized spacial score (nSPS) is 10.6. The molecule has 0 bridgehead atoms. The van der Waals surface area contributed by atoms with Gasteiger partial charge in [0.15, 0.2) is 10.7 Å². The average Bonchev–Trinajstić information content (AvgIpc) is 1.87. The van der Waals surface area contributed by atoms with Crippen LogP contribution in [-0.2, 0) is 10.7 Å². The van der Waals surface area contributed by atoms with Crippen molar-refractivity contribution in [2.75, 3.05) is 19.0 Å². The van der Waals surface area contributed by atoms with Crippen molar-refractivity contribution >= 4 is 10.7 Å². The lowest BCUT2D eigenvalue weighted by molar-refractivity contribution is 0.600. The lowest BCUT2D eigenvalue weighted by atomic mass is 10.3. The highest BCUT2D eigenvalue weighted by Gasteiger charge is 1.86. The molecule has 0 unspecified atom stereocenters. The summed E-state index contributed by atoms with van der Waals surface area (Å²) in [7, 11) is -2.26. The third-order valence-corrected chi connectivity index (χ3v) is 1.53. The Morgan fingerprint density at radius 1 is 1.30 bits per heavy atom. The van der Waals surface area contributed by atoms with E-state index in [4.69, 9.17) is 5.73 Å². The minimum atomic E-state index is -2.26. The fourth-order valence-corrected chi connectivity index (χ4v) is 0.905. The van der Waals surface area contributed by atoms with Crippen LogP contribution in [0.25, 0.3) is 0 Å². The highest BCUT2D eigenvalue weighted by atomic mass is 32.2. The van der Waals surface area contributed by atoms with Crippen LogP contribution in [0.15, 0.2) is 0 Å². The van der Waals surface area contributed by atoms with Gasteiger partial charge < -0.3 is 11.1 Å². The Morgan fingerprint density at radius 2 is 2.00 bits per heavy atom. The molecule has 0 rings (SSSR count). The van der Waals surface area contributed by atoms with Gasteiger partial charge in [0.05, 0.1) is 5.88 Å².